The molecule has 9 heteroatoms. The predicted molar refractivity (Wildman–Crippen MR) is 128 cm³/mol. The lowest BCUT2D eigenvalue weighted by atomic mass is 9.49. The number of allylic oxidation sites excluding steroid dienone is 2. The number of ether oxygens (including phenoxy) is 3. The maximum absolute atomic E-state index is 14.0. The van der Waals surface area contributed by atoms with Crippen molar-refractivity contribution >= 4 is 29.3 Å². The topological polar surface area (TPSA) is 119 Å². The number of benzene rings is 1. The number of carbonyl (C=O) groups is 3. The quantitative estimate of drug-likeness (QED) is 0.349. The zero-order valence-corrected chi connectivity index (χ0v) is 20.9. The van der Waals surface area contributed by atoms with Gasteiger partial charge in [-0.25, -0.2) is 4.79 Å². The minimum absolute atomic E-state index is 0.00503. The zero-order chi connectivity index (χ0) is 26.1. The summed E-state index contributed by atoms with van der Waals surface area (Å²) < 4.78 is 16.3. The predicted octanol–water partition coefficient (Wildman–Crippen LogP) is 3.36. The summed E-state index contributed by atoms with van der Waals surface area (Å²) in [5, 5.41) is 22.3. The molecule has 8 nitrogen and oxygen atoms in total. The van der Waals surface area contributed by atoms with Gasteiger partial charge in [-0.1, -0.05) is 31.2 Å². The minimum Gasteiger partial charge on any atom is -0.507 e. The van der Waals surface area contributed by atoms with Gasteiger partial charge >= 0.3 is 11.9 Å². The molecule has 6 rings (SSSR count). The SMILES string of the molecule is COC(=O)[C@@]12C=C(OC)[C@]3(Cl)C(C)(C=C(C4=CCCC[C@@H]4OC(=O)c4ccccc4O)[C@]3(O)C1=O)C2. The monoisotopic (exact) mass is 514 g/mol. The van der Waals surface area contributed by atoms with E-state index in [-0.39, 0.29) is 29.1 Å². The molecule has 0 spiro atoms. The molecule has 0 aliphatic heterocycles. The highest BCUT2D eigenvalue weighted by Crippen LogP contribution is 2.72. The smallest absolute Gasteiger partial charge is 0.342 e. The van der Waals surface area contributed by atoms with Crippen molar-refractivity contribution in [3.05, 3.63) is 65.0 Å². The summed E-state index contributed by atoms with van der Waals surface area (Å²) in [5.41, 5.74) is -4.52. The third-order valence-electron chi connectivity index (χ3n) is 8.07. The molecule has 0 radical (unpaired) electrons. The summed E-state index contributed by atoms with van der Waals surface area (Å²) in [6, 6.07) is 6.04. The summed E-state index contributed by atoms with van der Waals surface area (Å²) in [7, 11) is 2.55. The highest BCUT2D eigenvalue weighted by atomic mass is 35.5. The maximum Gasteiger partial charge on any atom is 0.342 e. The van der Waals surface area contributed by atoms with Gasteiger partial charge in [-0.2, -0.15) is 0 Å². The summed E-state index contributed by atoms with van der Waals surface area (Å²) in [6.45, 7) is 1.76. The number of phenols is 1. The molecule has 1 saturated carbocycles. The fourth-order valence-electron chi connectivity index (χ4n) is 6.44. The molecule has 5 aliphatic rings. The molecule has 190 valence electrons. The summed E-state index contributed by atoms with van der Waals surface area (Å²) in [5.74, 6) is -2.44. The second kappa shape index (κ2) is 7.95. The highest BCUT2D eigenvalue weighted by Gasteiger charge is 2.83. The van der Waals surface area contributed by atoms with Crippen LogP contribution in [0.2, 0.25) is 0 Å². The van der Waals surface area contributed by atoms with E-state index in [0.29, 0.717) is 24.8 Å². The normalized spacial score (nSPS) is 36.5. The van der Waals surface area contributed by atoms with E-state index in [1.54, 1.807) is 25.1 Å². The number of Topliss-reactive ketones (excluding diaryl/α,β-unsaturated/α-hetero) is 1. The molecule has 36 heavy (non-hydrogen) atoms. The molecule has 5 atom stereocenters. The van der Waals surface area contributed by atoms with E-state index < -0.39 is 45.1 Å². The zero-order valence-electron chi connectivity index (χ0n) is 20.2. The van der Waals surface area contributed by atoms with Crippen LogP contribution in [0.15, 0.2) is 59.4 Å². The van der Waals surface area contributed by atoms with E-state index in [1.807, 2.05) is 6.08 Å². The van der Waals surface area contributed by atoms with Crippen LogP contribution in [0.25, 0.3) is 0 Å². The van der Waals surface area contributed by atoms with Gasteiger partial charge in [-0.3, -0.25) is 9.59 Å². The summed E-state index contributed by atoms with van der Waals surface area (Å²) >= 11 is 7.16. The first-order chi connectivity index (χ1) is 17.0. The first-order valence-electron chi connectivity index (χ1n) is 11.7. The van der Waals surface area contributed by atoms with Crippen LogP contribution in [-0.4, -0.2) is 58.7 Å². The van der Waals surface area contributed by atoms with Gasteiger partial charge in [0.1, 0.15) is 28.1 Å². The molecule has 1 aromatic rings. The number of hydrogen-bond acceptors (Lipinski definition) is 8. The molecule has 0 aromatic heterocycles. The van der Waals surface area contributed by atoms with Gasteiger partial charge in [-0.05, 0) is 55.0 Å². The number of hydrogen-bond donors (Lipinski definition) is 2. The average molecular weight is 515 g/mol. The van der Waals surface area contributed by atoms with Crippen LogP contribution < -0.4 is 0 Å². The van der Waals surface area contributed by atoms with E-state index in [4.69, 9.17) is 25.8 Å². The number of phenolic OH excluding ortho intramolecular Hbond substituents is 1. The highest BCUT2D eigenvalue weighted by molar-refractivity contribution is 6.34. The number of aromatic hydroxyl groups is 1. The van der Waals surface area contributed by atoms with Gasteiger partial charge in [-0.15, -0.1) is 11.6 Å². The molecular weight excluding hydrogens is 488 g/mol. The summed E-state index contributed by atoms with van der Waals surface area (Å²) in [6.07, 6.45) is 5.86. The molecule has 1 unspecified atom stereocenters. The van der Waals surface area contributed by atoms with Gasteiger partial charge in [0.15, 0.2) is 16.8 Å². The molecule has 1 aromatic carbocycles. The van der Waals surface area contributed by atoms with Crippen molar-refractivity contribution in [3.8, 4) is 5.75 Å². The van der Waals surface area contributed by atoms with Crippen molar-refractivity contribution in [2.24, 2.45) is 10.8 Å². The van der Waals surface area contributed by atoms with Gasteiger partial charge < -0.3 is 24.4 Å². The Balaban J connectivity index is 1.61. The number of halogens is 1. The van der Waals surface area contributed by atoms with Crippen LogP contribution in [-0.2, 0) is 23.8 Å². The molecule has 0 saturated heterocycles. The Kier molecular flexibility index (Phi) is 5.43. The van der Waals surface area contributed by atoms with E-state index in [0.717, 1.165) is 0 Å². The van der Waals surface area contributed by atoms with E-state index in [1.165, 1.54) is 32.4 Å². The van der Waals surface area contributed by atoms with Gasteiger partial charge in [0.2, 0.25) is 0 Å². The number of methoxy groups -OCH3 is 2. The van der Waals surface area contributed by atoms with Crippen molar-refractivity contribution in [2.45, 2.75) is 49.2 Å². The molecule has 0 heterocycles. The van der Waals surface area contributed by atoms with Crippen LogP contribution >= 0.6 is 11.6 Å². The number of alkyl halides is 1. The number of carbonyl (C=O) groups excluding carboxylic acids is 3. The lowest BCUT2D eigenvalue weighted by Crippen LogP contribution is -2.74. The second-order valence-corrected chi connectivity index (χ2v) is 10.6. The molecule has 0 amide bonds. The van der Waals surface area contributed by atoms with Crippen LogP contribution in [0.3, 0.4) is 0 Å². The van der Waals surface area contributed by atoms with E-state index in [9.17, 15) is 24.6 Å². The average Bonchev–Trinajstić information content (AvgIpc) is 3.01. The number of rotatable bonds is 5. The number of para-hydroxylation sites is 1. The number of aliphatic hydroxyl groups is 1. The third-order valence-corrected chi connectivity index (χ3v) is 8.96. The minimum atomic E-state index is -2.33. The number of ketones is 1. The molecular formula is C27H27ClO8. The standard InChI is InChI=1S/C27H27ClO8/c1-24-12-17(15-8-5-7-11-19(15)36-21(30)16-9-4-6-10-18(16)29)26(33)22(31)25(14-24,23(32)35-3)13-20(34-2)27(24,26)28/h4,6,8-10,12-13,19,29,33H,5,7,11,14H2,1-3H3/t19-,24?,25+,26-,27-/m0/s1. The largest absolute Gasteiger partial charge is 0.507 e. The molecule has 4 bridgehead atoms. The first-order valence-corrected chi connectivity index (χ1v) is 12.1. The van der Waals surface area contributed by atoms with Crippen molar-refractivity contribution in [3.63, 3.8) is 0 Å². The lowest BCUT2D eigenvalue weighted by Gasteiger charge is -2.58. The van der Waals surface area contributed by atoms with Crippen molar-refractivity contribution < 1.29 is 38.8 Å². The van der Waals surface area contributed by atoms with Crippen LogP contribution in [0.5, 0.6) is 5.75 Å². The first kappa shape index (κ1) is 24.6. The Bertz CT molecular complexity index is 1280. The molecule has 1 fully saturated rings. The van der Waals surface area contributed by atoms with E-state index >= 15 is 0 Å². The fraction of sp³-hybridized carbons (Fsp3) is 0.444. The molecule has 2 N–H and O–H groups in total. The van der Waals surface area contributed by atoms with Gasteiger partial charge in [0.25, 0.3) is 0 Å². The fourth-order valence-corrected chi connectivity index (χ4v) is 6.89. The Morgan fingerprint density at radius 2 is 1.89 bits per heavy atom. The lowest BCUT2D eigenvalue weighted by molar-refractivity contribution is -0.174. The Morgan fingerprint density at radius 3 is 2.56 bits per heavy atom. The molecule has 5 aliphatic carbocycles. The Labute approximate surface area is 213 Å². The Morgan fingerprint density at radius 1 is 1.17 bits per heavy atom. The second-order valence-electron chi connectivity index (χ2n) is 10.0. The Hall–Kier alpha value is -3.10. The van der Waals surface area contributed by atoms with Crippen LogP contribution in [0.4, 0.5) is 0 Å². The van der Waals surface area contributed by atoms with Crippen molar-refractivity contribution in [1.82, 2.24) is 0 Å². The van der Waals surface area contributed by atoms with Crippen molar-refractivity contribution in [2.75, 3.05) is 14.2 Å². The van der Waals surface area contributed by atoms with Gasteiger partial charge in [0, 0.05) is 5.41 Å². The van der Waals surface area contributed by atoms with Crippen LogP contribution in [0.1, 0.15) is 43.0 Å². The van der Waals surface area contributed by atoms with E-state index in [2.05, 4.69) is 0 Å². The third kappa shape index (κ3) is 2.82. The summed E-state index contributed by atoms with van der Waals surface area (Å²) in [4.78, 5) is 38.2. The van der Waals surface area contributed by atoms with Gasteiger partial charge in [0.05, 0.1) is 14.2 Å². The number of esters is 2. The van der Waals surface area contributed by atoms with Crippen molar-refractivity contribution in [1.29, 1.82) is 0 Å². The van der Waals surface area contributed by atoms with Crippen LogP contribution in [0, 0.1) is 10.8 Å². The maximum atomic E-state index is 14.0.